The highest BCUT2D eigenvalue weighted by Crippen LogP contribution is 2.37. The third-order valence-electron chi connectivity index (χ3n) is 5.45. The van der Waals surface area contributed by atoms with Crippen LogP contribution in [-0.2, 0) is 0 Å². The van der Waals surface area contributed by atoms with Gasteiger partial charge in [-0.05, 0) is 68.8 Å². The summed E-state index contributed by atoms with van der Waals surface area (Å²) in [6, 6.07) is 17.7. The first kappa shape index (κ1) is 20.8. The number of thiazole rings is 1. The summed E-state index contributed by atoms with van der Waals surface area (Å²) in [5, 5.41) is 4.52. The molecule has 1 aliphatic rings. The number of hydrogen-bond acceptors (Lipinski definition) is 5. The molecule has 0 unspecified atom stereocenters. The van der Waals surface area contributed by atoms with Gasteiger partial charge >= 0.3 is 0 Å². The first-order valence-electron chi connectivity index (χ1n) is 10.8. The maximum Gasteiger partial charge on any atom is 0.175 e. The highest BCUT2D eigenvalue weighted by Gasteiger charge is 2.24. The number of Topliss-reactive ketones (excluding diaryl/α,β-unsaturated/α-hetero) is 1. The van der Waals surface area contributed by atoms with Gasteiger partial charge in [0.25, 0.3) is 0 Å². The number of aromatic nitrogens is 1. The number of piperidine rings is 1. The van der Waals surface area contributed by atoms with Gasteiger partial charge in [-0.3, -0.25) is 4.79 Å². The summed E-state index contributed by atoms with van der Waals surface area (Å²) in [5.74, 6) is 2.25. The van der Waals surface area contributed by atoms with Crippen molar-refractivity contribution in [1.29, 1.82) is 0 Å². The molecule has 0 spiro atoms. The number of nitrogens with one attached hydrogen (secondary N) is 1. The summed E-state index contributed by atoms with van der Waals surface area (Å²) in [4.78, 5) is 18.7. The van der Waals surface area contributed by atoms with Crippen LogP contribution >= 0.6 is 11.3 Å². The Hall–Kier alpha value is -2.50. The minimum absolute atomic E-state index is 0.217. The molecular weight excluding hydrogens is 392 g/mol. The Morgan fingerprint density at radius 3 is 2.47 bits per heavy atom. The van der Waals surface area contributed by atoms with Gasteiger partial charge in [0.2, 0.25) is 0 Å². The minimum Gasteiger partial charge on any atom is -0.457 e. The number of nitrogens with zero attached hydrogens (tertiary/aromatic N) is 1. The van der Waals surface area contributed by atoms with E-state index in [4.69, 9.17) is 9.72 Å². The minimum atomic E-state index is 0.217. The fourth-order valence-corrected chi connectivity index (χ4v) is 4.95. The van der Waals surface area contributed by atoms with Crippen molar-refractivity contribution in [2.75, 3.05) is 13.1 Å². The zero-order valence-electron chi connectivity index (χ0n) is 17.4. The average molecular weight is 421 g/mol. The SMILES string of the molecule is CCCCC(=O)c1sc(C2CCNCC2)nc1-c1ccc(Oc2ccccc2)cc1. The molecule has 1 aliphatic heterocycles. The molecule has 30 heavy (non-hydrogen) atoms. The van der Waals surface area contributed by atoms with Crippen molar-refractivity contribution in [3.63, 3.8) is 0 Å². The number of rotatable bonds is 8. The van der Waals surface area contributed by atoms with Gasteiger partial charge in [-0.25, -0.2) is 4.98 Å². The summed E-state index contributed by atoms with van der Waals surface area (Å²) >= 11 is 1.61. The molecule has 0 amide bonds. The molecule has 3 aromatic rings. The van der Waals surface area contributed by atoms with Gasteiger partial charge < -0.3 is 10.1 Å². The molecule has 0 atom stereocenters. The second kappa shape index (κ2) is 10.0. The van der Waals surface area contributed by atoms with E-state index in [0.29, 0.717) is 12.3 Å². The molecule has 0 radical (unpaired) electrons. The van der Waals surface area contributed by atoms with Crippen molar-refractivity contribution in [3.05, 3.63) is 64.5 Å². The van der Waals surface area contributed by atoms with Crippen LogP contribution in [0.2, 0.25) is 0 Å². The first-order valence-corrected chi connectivity index (χ1v) is 11.6. The molecule has 156 valence electrons. The molecule has 1 saturated heterocycles. The van der Waals surface area contributed by atoms with Crippen LogP contribution in [0.3, 0.4) is 0 Å². The molecule has 0 bridgehead atoms. The van der Waals surface area contributed by atoms with Crippen LogP contribution in [0.1, 0.15) is 59.6 Å². The van der Waals surface area contributed by atoms with Gasteiger partial charge in [0.15, 0.2) is 5.78 Å². The van der Waals surface area contributed by atoms with Gasteiger partial charge in [0.1, 0.15) is 11.5 Å². The van der Waals surface area contributed by atoms with Crippen LogP contribution in [0.25, 0.3) is 11.3 Å². The van der Waals surface area contributed by atoms with Crippen molar-refractivity contribution in [2.45, 2.75) is 44.9 Å². The lowest BCUT2D eigenvalue weighted by Gasteiger charge is -2.20. The van der Waals surface area contributed by atoms with E-state index in [2.05, 4.69) is 12.2 Å². The van der Waals surface area contributed by atoms with E-state index in [1.807, 2.05) is 54.6 Å². The molecule has 1 aromatic heterocycles. The molecule has 0 saturated carbocycles. The van der Waals surface area contributed by atoms with Crippen LogP contribution in [0.5, 0.6) is 11.5 Å². The van der Waals surface area contributed by atoms with E-state index in [0.717, 1.165) is 71.4 Å². The first-order chi connectivity index (χ1) is 14.7. The van der Waals surface area contributed by atoms with Crippen molar-refractivity contribution in [3.8, 4) is 22.8 Å². The maximum atomic E-state index is 12.9. The molecule has 1 fully saturated rings. The van der Waals surface area contributed by atoms with Gasteiger partial charge in [-0.2, -0.15) is 0 Å². The molecule has 2 aromatic carbocycles. The summed E-state index contributed by atoms with van der Waals surface area (Å²) in [5.41, 5.74) is 1.81. The van der Waals surface area contributed by atoms with Crippen LogP contribution in [0.15, 0.2) is 54.6 Å². The number of ketones is 1. The molecule has 1 N–H and O–H groups in total. The summed E-state index contributed by atoms with van der Waals surface area (Å²) in [6.07, 6.45) is 4.70. The monoisotopic (exact) mass is 420 g/mol. The number of carbonyl (C=O) groups excluding carboxylic acids is 1. The van der Waals surface area contributed by atoms with E-state index in [-0.39, 0.29) is 5.78 Å². The number of unbranched alkanes of at least 4 members (excludes halogenated alkanes) is 1. The predicted molar refractivity (Wildman–Crippen MR) is 123 cm³/mol. The molecule has 0 aliphatic carbocycles. The average Bonchev–Trinajstić information content (AvgIpc) is 3.25. The Balaban J connectivity index is 1.60. The fraction of sp³-hybridized carbons (Fsp3) is 0.360. The third kappa shape index (κ3) is 4.97. The Labute approximate surface area is 182 Å². The molecule has 2 heterocycles. The fourth-order valence-electron chi connectivity index (χ4n) is 3.72. The van der Waals surface area contributed by atoms with Gasteiger partial charge in [0, 0.05) is 17.9 Å². The van der Waals surface area contributed by atoms with E-state index in [1.165, 1.54) is 0 Å². The third-order valence-corrected chi connectivity index (χ3v) is 6.71. The normalized spacial score (nSPS) is 14.6. The zero-order chi connectivity index (χ0) is 20.8. The lowest BCUT2D eigenvalue weighted by Crippen LogP contribution is -2.26. The predicted octanol–water partition coefficient (Wildman–Crippen LogP) is 6.44. The van der Waals surface area contributed by atoms with E-state index < -0.39 is 0 Å². The molecular formula is C25H28N2O2S. The van der Waals surface area contributed by atoms with E-state index in [9.17, 15) is 4.79 Å². The van der Waals surface area contributed by atoms with Crippen molar-refractivity contribution < 1.29 is 9.53 Å². The second-order valence-electron chi connectivity index (χ2n) is 7.72. The standard InChI is InChI=1S/C25H28N2O2S/c1-2-3-9-22(28)24-23(27-25(30-24)19-14-16-26-17-15-19)18-10-12-21(13-11-18)29-20-7-5-4-6-8-20/h4-8,10-13,19,26H,2-3,9,14-17H2,1H3. The quantitative estimate of drug-likeness (QED) is 0.426. The van der Waals surface area contributed by atoms with Gasteiger partial charge in [-0.15, -0.1) is 11.3 Å². The van der Waals surface area contributed by atoms with Gasteiger partial charge in [0.05, 0.1) is 15.6 Å². The van der Waals surface area contributed by atoms with Crippen LogP contribution in [0.4, 0.5) is 0 Å². The lowest BCUT2D eigenvalue weighted by molar-refractivity contribution is 0.0984. The largest absolute Gasteiger partial charge is 0.457 e. The Bertz CT molecular complexity index is 961. The van der Waals surface area contributed by atoms with E-state index in [1.54, 1.807) is 11.3 Å². The molecule has 4 rings (SSSR count). The summed E-state index contributed by atoms with van der Waals surface area (Å²) in [7, 11) is 0. The van der Waals surface area contributed by atoms with E-state index >= 15 is 0 Å². The van der Waals surface area contributed by atoms with Crippen molar-refractivity contribution >= 4 is 17.1 Å². The van der Waals surface area contributed by atoms with Crippen molar-refractivity contribution in [1.82, 2.24) is 10.3 Å². The van der Waals surface area contributed by atoms with Crippen molar-refractivity contribution in [2.24, 2.45) is 0 Å². The summed E-state index contributed by atoms with van der Waals surface area (Å²) in [6.45, 7) is 4.15. The number of para-hydroxylation sites is 1. The number of hydrogen-bond donors (Lipinski definition) is 1. The highest BCUT2D eigenvalue weighted by atomic mass is 32.1. The number of carbonyl (C=O) groups is 1. The topological polar surface area (TPSA) is 51.2 Å². The van der Waals surface area contributed by atoms with Crippen LogP contribution in [0, 0.1) is 0 Å². The Morgan fingerprint density at radius 1 is 1.07 bits per heavy atom. The Morgan fingerprint density at radius 2 is 1.77 bits per heavy atom. The lowest BCUT2D eigenvalue weighted by atomic mass is 9.99. The van der Waals surface area contributed by atoms with Crippen LogP contribution < -0.4 is 10.1 Å². The summed E-state index contributed by atoms with van der Waals surface area (Å²) < 4.78 is 5.91. The highest BCUT2D eigenvalue weighted by molar-refractivity contribution is 7.14. The number of ether oxygens (including phenoxy) is 1. The zero-order valence-corrected chi connectivity index (χ0v) is 18.2. The number of benzene rings is 2. The maximum absolute atomic E-state index is 12.9. The second-order valence-corrected chi connectivity index (χ2v) is 8.75. The van der Waals surface area contributed by atoms with Gasteiger partial charge in [-0.1, -0.05) is 31.5 Å². The smallest absolute Gasteiger partial charge is 0.175 e. The Kier molecular flexibility index (Phi) is 6.92. The molecule has 5 heteroatoms. The molecule has 4 nitrogen and oxygen atoms in total. The van der Waals surface area contributed by atoms with Crippen LogP contribution in [-0.4, -0.2) is 23.9 Å².